The maximum absolute atomic E-state index is 13.1. The zero-order chi connectivity index (χ0) is 21.9. The quantitative estimate of drug-likeness (QED) is 0.614. The van der Waals surface area contributed by atoms with Crippen molar-refractivity contribution in [2.75, 3.05) is 10.6 Å². The van der Waals surface area contributed by atoms with Crippen molar-refractivity contribution in [3.8, 4) is 0 Å². The number of anilines is 1. The van der Waals surface area contributed by atoms with Gasteiger partial charge in [-0.3, -0.25) is 9.10 Å². The minimum atomic E-state index is -3.65. The van der Waals surface area contributed by atoms with E-state index >= 15 is 0 Å². The topological polar surface area (TPSA) is 66.5 Å². The van der Waals surface area contributed by atoms with Crippen molar-refractivity contribution < 1.29 is 13.2 Å². The predicted molar refractivity (Wildman–Crippen MR) is 123 cm³/mol. The van der Waals surface area contributed by atoms with E-state index in [0.717, 1.165) is 33.7 Å². The fourth-order valence-electron chi connectivity index (χ4n) is 3.88. The minimum Gasteiger partial charge on any atom is -0.350 e. The molecule has 3 aromatic carbocycles. The van der Waals surface area contributed by atoms with Crippen LogP contribution in [0.3, 0.4) is 0 Å². The van der Waals surface area contributed by atoms with Gasteiger partial charge in [-0.05, 0) is 59.9 Å². The average Bonchev–Trinajstić information content (AvgIpc) is 2.68. The van der Waals surface area contributed by atoms with E-state index < -0.39 is 16.1 Å². The van der Waals surface area contributed by atoms with Crippen LogP contribution in [0.1, 0.15) is 30.0 Å². The number of fused-ring (bicyclic) bond motifs is 1. The van der Waals surface area contributed by atoms with Crippen molar-refractivity contribution in [3.63, 3.8) is 0 Å². The summed E-state index contributed by atoms with van der Waals surface area (Å²) in [6.45, 7) is 5.99. The Bertz CT molecular complexity index is 1150. The summed E-state index contributed by atoms with van der Waals surface area (Å²) in [4.78, 5) is 13.1. The first-order chi connectivity index (χ1) is 14.2. The Morgan fingerprint density at radius 3 is 2.27 bits per heavy atom. The standard InChI is InChI=1S/C24H28N2O3S/c1-5-23(26(30(4,28)29)21-14-17(2)13-18(3)15-21)24(27)25-16-20-11-8-10-19-9-6-7-12-22(19)20/h6-15,23H,5,16H2,1-4H3,(H,25,27). The summed E-state index contributed by atoms with van der Waals surface area (Å²) >= 11 is 0. The third-order valence-corrected chi connectivity index (χ3v) is 6.30. The van der Waals surface area contributed by atoms with Crippen LogP contribution in [0.4, 0.5) is 5.69 Å². The molecule has 0 spiro atoms. The first kappa shape index (κ1) is 21.8. The van der Waals surface area contributed by atoms with E-state index in [4.69, 9.17) is 0 Å². The Hall–Kier alpha value is -2.86. The maximum Gasteiger partial charge on any atom is 0.244 e. The molecule has 1 unspecified atom stereocenters. The number of nitrogens with zero attached hydrogens (tertiary/aromatic N) is 1. The van der Waals surface area contributed by atoms with E-state index in [0.29, 0.717) is 18.7 Å². The number of amides is 1. The van der Waals surface area contributed by atoms with E-state index in [1.54, 1.807) is 12.1 Å². The number of hydrogen-bond donors (Lipinski definition) is 1. The highest BCUT2D eigenvalue weighted by Crippen LogP contribution is 2.25. The second-order valence-corrected chi connectivity index (χ2v) is 9.54. The smallest absolute Gasteiger partial charge is 0.244 e. The van der Waals surface area contributed by atoms with Gasteiger partial charge in [0, 0.05) is 6.54 Å². The fraction of sp³-hybridized carbons (Fsp3) is 0.292. The monoisotopic (exact) mass is 424 g/mol. The summed E-state index contributed by atoms with van der Waals surface area (Å²) in [6.07, 6.45) is 1.51. The zero-order valence-electron chi connectivity index (χ0n) is 17.8. The molecule has 0 aromatic heterocycles. The Kier molecular flexibility index (Phi) is 6.46. The van der Waals surface area contributed by atoms with Gasteiger partial charge in [-0.25, -0.2) is 8.42 Å². The lowest BCUT2D eigenvalue weighted by Crippen LogP contribution is -2.49. The van der Waals surface area contributed by atoms with E-state index in [-0.39, 0.29) is 5.91 Å². The van der Waals surface area contributed by atoms with Gasteiger partial charge in [-0.2, -0.15) is 0 Å². The molecule has 0 radical (unpaired) electrons. The highest BCUT2D eigenvalue weighted by atomic mass is 32.2. The number of hydrogen-bond acceptors (Lipinski definition) is 3. The van der Waals surface area contributed by atoms with Gasteiger partial charge in [0.15, 0.2) is 0 Å². The molecular weight excluding hydrogens is 396 g/mol. The first-order valence-corrected chi connectivity index (χ1v) is 11.9. The number of aryl methyl sites for hydroxylation is 2. The van der Waals surface area contributed by atoms with Crippen molar-refractivity contribution >= 4 is 32.4 Å². The third-order valence-electron chi connectivity index (χ3n) is 5.12. The molecule has 0 bridgehead atoms. The van der Waals surface area contributed by atoms with Crippen LogP contribution in [0.25, 0.3) is 10.8 Å². The molecule has 0 heterocycles. The number of carbonyl (C=O) groups is 1. The van der Waals surface area contributed by atoms with Crippen molar-refractivity contribution in [3.05, 3.63) is 77.4 Å². The minimum absolute atomic E-state index is 0.310. The number of sulfonamides is 1. The third kappa shape index (κ3) is 4.82. The zero-order valence-corrected chi connectivity index (χ0v) is 18.7. The van der Waals surface area contributed by atoms with E-state index in [9.17, 15) is 13.2 Å². The molecule has 0 aliphatic rings. The molecule has 6 heteroatoms. The van der Waals surface area contributed by atoms with E-state index in [1.807, 2.05) is 69.3 Å². The van der Waals surface area contributed by atoms with Crippen LogP contribution in [0.15, 0.2) is 60.7 Å². The van der Waals surface area contributed by atoms with Gasteiger partial charge in [-0.1, -0.05) is 55.5 Å². The van der Waals surface area contributed by atoms with Crippen LogP contribution >= 0.6 is 0 Å². The Morgan fingerprint density at radius 1 is 1.00 bits per heavy atom. The molecule has 0 aliphatic heterocycles. The van der Waals surface area contributed by atoms with Crippen LogP contribution in [-0.2, 0) is 21.4 Å². The van der Waals surface area contributed by atoms with Crippen molar-refractivity contribution in [1.29, 1.82) is 0 Å². The van der Waals surface area contributed by atoms with E-state index in [1.165, 1.54) is 4.31 Å². The summed E-state index contributed by atoms with van der Waals surface area (Å²) < 4.78 is 26.6. The van der Waals surface area contributed by atoms with Crippen LogP contribution in [0, 0.1) is 13.8 Å². The van der Waals surface area contributed by atoms with Gasteiger partial charge >= 0.3 is 0 Å². The molecule has 30 heavy (non-hydrogen) atoms. The Labute approximate surface area is 178 Å². The second kappa shape index (κ2) is 8.88. The van der Waals surface area contributed by atoms with Crippen LogP contribution in [0.2, 0.25) is 0 Å². The normalized spacial score (nSPS) is 12.5. The summed E-state index contributed by atoms with van der Waals surface area (Å²) in [5, 5.41) is 5.12. The summed E-state index contributed by atoms with van der Waals surface area (Å²) in [7, 11) is -3.65. The second-order valence-electron chi connectivity index (χ2n) is 7.68. The van der Waals surface area contributed by atoms with Crippen molar-refractivity contribution in [1.82, 2.24) is 5.32 Å². The molecule has 1 atom stereocenters. The molecule has 1 N–H and O–H groups in total. The largest absolute Gasteiger partial charge is 0.350 e. The predicted octanol–water partition coefficient (Wildman–Crippen LogP) is 4.32. The number of nitrogens with one attached hydrogen (secondary N) is 1. The van der Waals surface area contributed by atoms with Gasteiger partial charge in [-0.15, -0.1) is 0 Å². The summed E-state index contributed by atoms with van der Waals surface area (Å²) in [5.41, 5.74) is 3.41. The first-order valence-electron chi connectivity index (χ1n) is 10.0. The molecule has 5 nitrogen and oxygen atoms in total. The molecular formula is C24H28N2O3S. The summed E-state index contributed by atoms with van der Waals surface area (Å²) in [5.74, 6) is -0.310. The van der Waals surface area contributed by atoms with Gasteiger partial charge in [0.05, 0.1) is 11.9 Å². The Balaban J connectivity index is 1.89. The maximum atomic E-state index is 13.1. The molecule has 0 saturated carbocycles. The summed E-state index contributed by atoms with van der Waals surface area (Å²) in [6, 6.07) is 18.7. The van der Waals surface area contributed by atoms with Gasteiger partial charge < -0.3 is 5.32 Å². The molecule has 0 aliphatic carbocycles. The molecule has 3 aromatic rings. The van der Waals surface area contributed by atoms with Gasteiger partial charge in [0.25, 0.3) is 0 Å². The lowest BCUT2D eigenvalue weighted by Gasteiger charge is -2.30. The molecule has 3 rings (SSSR count). The molecule has 0 saturated heterocycles. The van der Waals surface area contributed by atoms with Crippen molar-refractivity contribution in [2.45, 2.75) is 39.8 Å². The van der Waals surface area contributed by atoms with Crippen LogP contribution in [-0.4, -0.2) is 26.6 Å². The van der Waals surface area contributed by atoms with Crippen LogP contribution < -0.4 is 9.62 Å². The number of benzene rings is 3. The molecule has 0 fully saturated rings. The average molecular weight is 425 g/mol. The lowest BCUT2D eigenvalue weighted by molar-refractivity contribution is -0.122. The van der Waals surface area contributed by atoms with Gasteiger partial charge in [0.1, 0.15) is 6.04 Å². The highest BCUT2D eigenvalue weighted by Gasteiger charge is 2.31. The molecule has 158 valence electrons. The fourth-order valence-corrected chi connectivity index (χ4v) is 5.08. The van der Waals surface area contributed by atoms with Gasteiger partial charge in [0.2, 0.25) is 15.9 Å². The lowest BCUT2D eigenvalue weighted by atomic mass is 10.0. The highest BCUT2D eigenvalue weighted by molar-refractivity contribution is 7.92. The Morgan fingerprint density at radius 2 is 1.63 bits per heavy atom. The SMILES string of the molecule is CCC(C(=O)NCc1cccc2ccccc12)N(c1cc(C)cc(C)c1)S(C)(=O)=O. The van der Waals surface area contributed by atoms with Crippen LogP contribution in [0.5, 0.6) is 0 Å². The van der Waals surface area contributed by atoms with E-state index in [2.05, 4.69) is 5.32 Å². The number of carbonyl (C=O) groups excluding carboxylic acids is 1. The van der Waals surface area contributed by atoms with Crippen molar-refractivity contribution in [2.24, 2.45) is 0 Å². The molecule has 1 amide bonds. The number of rotatable bonds is 7.